The third kappa shape index (κ3) is 4.64. The van der Waals surface area contributed by atoms with Gasteiger partial charge in [-0.25, -0.2) is 4.98 Å². The van der Waals surface area contributed by atoms with Gasteiger partial charge < -0.3 is 10.1 Å². The minimum atomic E-state index is -0.329. The molecule has 2 N–H and O–H groups in total. The quantitative estimate of drug-likeness (QED) is 0.653. The number of carbonyl (C=O) groups is 2. The lowest BCUT2D eigenvalue weighted by Crippen LogP contribution is -2.11. The van der Waals surface area contributed by atoms with E-state index in [1.807, 2.05) is 0 Å². The maximum atomic E-state index is 12.5. The van der Waals surface area contributed by atoms with Crippen LogP contribution in [-0.2, 0) is 0 Å². The molecule has 0 saturated heterocycles. The fraction of sp³-hybridized carbons (Fsp3) is 0.105. The summed E-state index contributed by atoms with van der Waals surface area (Å²) in [7, 11) is 1.53. The standard InChI is InChI=1S/C19H16ClN3O3S/c1-11-16(18(25)22-14-7-4-6-13(20)10-14)27-19(21-11)23-17(24)12-5-3-8-15(9-12)26-2/h3-10H,1-2H3,(H,22,25)(H,21,23,24). The minimum Gasteiger partial charge on any atom is -0.497 e. The van der Waals surface area contributed by atoms with E-state index in [0.717, 1.165) is 11.3 Å². The van der Waals surface area contributed by atoms with E-state index in [2.05, 4.69) is 15.6 Å². The summed E-state index contributed by atoms with van der Waals surface area (Å²) < 4.78 is 5.12. The molecule has 0 aliphatic heterocycles. The first-order chi connectivity index (χ1) is 13.0. The van der Waals surface area contributed by atoms with Crippen LogP contribution in [0.5, 0.6) is 5.75 Å². The molecule has 1 aromatic heterocycles. The third-order valence-electron chi connectivity index (χ3n) is 3.64. The van der Waals surface area contributed by atoms with Gasteiger partial charge in [0.1, 0.15) is 10.6 Å². The minimum absolute atomic E-state index is 0.311. The zero-order chi connectivity index (χ0) is 19.4. The maximum absolute atomic E-state index is 12.5. The summed E-state index contributed by atoms with van der Waals surface area (Å²) in [5, 5.41) is 6.35. The number of aryl methyl sites for hydroxylation is 1. The Morgan fingerprint density at radius 1 is 1.07 bits per heavy atom. The van der Waals surface area contributed by atoms with Gasteiger partial charge in [-0.2, -0.15) is 0 Å². The largest absolute Gasteiger partial charge is 0.497 e. The van der Waals surface area contributed by atoms with Crippen molar-refractivity contribution in [3.63, 3.8) is 0 Å². The molecule has 6 nitrogen and oxygen atoms in total. The number of ether oxygens (including phenoxy) is 1. The molecule has 1 heterocycles. The molecule has 0 aliphatic carbocycles. The van der Waals surface area contributed by atoms with E-state index in [9.17, 15) is 9.59 Å². The lowest BCUT2D eigenvalue weighted by molar-refractivity contribution is 0.102. The maximum Gasteiger partial charge on any atom is 0.267 e. The van der Waals surface area contributed by atoms with Crippen LogP contribution in [0.15, 0.2) is 48.5 Å². The van der Waals surface area contributed by atoms with Gasteiger partial charge in [0.2, 0.25) is 0 Å². The normalized spacial score (nSPS) is 10.3. The van der Waals surface area contributed by atoms with Crippen molar-refractivity contribution in [2.75, 3.05) is 17.7 Å². The summed E-state index contributed by atoms with van der Waals surface area (Å²) in [6.07, 6.45) is 0. The van der Waals surface area contributed by atoms with Crippen molar-refractivity contribution in [1.29, 1.82) is 0 Å². The number of rotatable bonds is 5. The van der Waals surface area contributed by atoms with Gasteiger partial charge in [0.15, 0.2) is 5.13 Å². The molecule has 0 bridgehead atoms. The Kier molecular flexibility index (Phi) is 5.73. The number of carbonyl (C=O) groups excluding carboxylic acids is 2. The van der Waals surface area contributed by atoms with Gasteiger partial charge >= 0.3 is 0 Å². The number of anilines is 2. The van der Waals surface area contributed by atoms with Crippen molar-refractivity contribution >= 4 is 45.6 Å². The summed E-state index contributed by atoms with van der Waals surface area (Å²) in [6, 6.07) is 13.6. The molecule has 27 heavy (non-hydrogen) atoms. The fourth-order valence-corrected chi connectivity index (χ4v) is 3.40. The molecule has 0 fully saturated rings. The molecular formula is C19H16ClN3O3S. The molecule has 2 aromatic carbocycles. The van der Waals surface area contributed by atoms with E-state index in [4.69, 9.17) is 16.3 Å². The molecule has 0 saturated carbocycles. The first-order valence-corrected chi connectivity index (χ1v) is 9.15. The van der Waals surface area contributed by atoms with Crippen LogP contribution in [-0.4, -0.2) is 23.9 Å². The molecule has 0 spiro atoms. The van der Waals surface area contributed by atoms with Gasteiger partial charge in [0, 0.05) is 16.3 Å². The Hall–Kier alpha value is -2.90. The SMILES string of the molecule is COc1cccc(C(=O)Nc2nc(C)c(C(=O)Nc3cccc(Cl)c3)s2)c1. The molecule has 0 atom stereocenters. The number of hydrogen-bond donors (Lipinski definition) is 2. The summed E-state index contributed by atoms with van der Waals surface area (Å²) in [4.78, 5) is 29.6. The molecular weight excluding hydrogens is 386 g/mol. The lowest BCUT2D eigenvalue weighted by atomic mass is 10.2. The second-order valence-electron chi connectivity index (χ2n) is 5.58. The van der Waals surface area contributed by atoms with Crippen LogP contribution in [0.3, 0.4) is 0 Å². The fourth-order valence-electron chi connectivity index (χ4n) is 2.35. The summed E-state index contributed by atoms with van der Waals surface area (Å²) in [5.41, 5.74) is 1.55. The molecule has 8 heteroatoms. The van der Waals surface area contributed by atoms with E-state index in [0.29, 0.717) is 37.7 Å². The van der Waals surface area contributed by atoms with E-state index in [1.54, 1.807) is 55.5 Å². The van der Waals surface area contributed by atoms with E-state index >= 15 is 0 Å². The number of methoxy groups -OCH3 is 1. The molecule has 2 amide bonds. The number of benzene rings is 2. The summed E-state index contributed by atoms with van der Waals surface area (Å²) in [5.74, 6) is -0.0573. The van der Waals surface area contributed by atoms with Gasteiger partial charge in [-0.1, -0.05) is 35.1 Å². The summed E-state index contributed by atoms with van der Waals surface area (Å²) in [6.45, 7) is 1.71. The van der Waals surface area contributed by atoms with E-state index < -0.39 is 0 Å². The predicted molar refractivity (Wildman–Crippen MR) is 107 cm³/mol. The number of halogens is 1. The van der Waals surface area contributed by atoms with Crippen molar-refractivity contribution in [3.8, 4) is 5.75 Å². The average molecular weight is 402 g/mol. The molecule has 3 aromatic rings. The van der Waals surface area contributed by atoms with Crippen LogP contribution in [0, 0.1) is 6.92 Å². The van der Waals surface area contributed by atoms with Crippen molar-refractivity contribution in [1.82, 2.24) is 4.98 Å². The highest BCUT2D eigenvalue weighted by Gasteiger charge is 2.17. The lowest BCUT2D eigenvalue weighted by Gasteiger charge is -2.04. The van der Waals surface area contributed by atoms with Crippen LogP contribution >= 0.6 is 22.9 Å². The van der Waals surface area contributed by atoms with Crippen LogP contribution < -0.4 is 15.4 Å². The zero-order valence-electron chi connectivity index (χ0n) is 14.6. The Morgan fingerprint density at radius 2 is 1.85 bits per heavy atom. The van der Waals surface area contributed by atoms with Crippen LogP contribution in [0.4, 0.5) is 10.8 Å². The second kappa shape index (κ2) is 8.20. The highest BCUT2D eigenvalue weighted by molar-refractivity contribution is 7.17. The third-order valence-corrected chi connectivity index (χ3v) is 4.94. The van der Waals surface area contributed by atoms with Crippen molar-refractivity contribution in [3.05, 3.63) is 69.7 Å². The Labute approximate surface area is 165 Å². The van der Waals surface area contributed by atoms with Crippen LogP contribution in [0.25, 0.3) is 0 Å². The van der Waals surface area contributed by atoms with E-state index in [1.165, 1.54) is 7.11 Å². The number of aromatic nitrogens is 1. The topological polar surface area (TPSA) is 80.3 Å². The Balaban J connectivity index is 1.73. The summed E-state index contributed by atoms with van der Waals surface area (Å²) >= 11 is 7.03. The number of nitrogens with one attached hydrogen (secondary N) is 2. The first-order valence-electron chi connectivity index (χ1n) is 7.96. The van der Waals surface area contributed by atoms with Gasteiger partial charge in [0.05, 0.1) is 12.8 Å². The first kappa shape index (κ1) is 18.9. The zero-order valence-corrected chi connectivity index (χ0v) is 16.1. The molecule has 0 unspecified atom stereocenters. The highest BCUT2D eigenvalue weighted by Crippen LogP contribution is 2.25. The number of thiazole rings is 1. The Morgan fingerprint density at radius 3 is 2.59 bits per heavy atom. The molecule has 0 aliphatic rings. The predicted octanol–water partition coefficient (Wildman–Crippen LogP) is 4.62. The van der Waals surface area contributed by atoms with Crippen molar-refractivity contribution in [2.45, 2.75) is 6.92 Å². The van der Waals surface area contributed by atoms with Gasteiger partial charge in [0.25, 0.3) is 11.8 Å². The van der Waals surface area contributed by atoms with Gasteiger partial charge in [-0.05, 0) is 43.3 Å². The second-order valence-corrected chi connectivity index (χ2v) is 7.02. The van der Waals surface area contributed by atoms with Gasteiger partial charge in [-0.15, -0.1) is 0 Å². The number of hydrogen-bond acceptors (Lipinski definition) is 5. The Bertz CT molecular complexity index is 1000. The number of nitrogens with zero attached hydrogens (tertiary/aromatic N) is 1. The monoisotopic (exact) mass is 401 g/mol. The molecule has 138 valence electrons. The van der Waals surface area contributed by atoms with Crippen LogP contribution in [0.1, 0.15) is 25.7 Å². The highest BCUT2D eigenvalue weighted by atomic mass is 35.5. The van der Waals surface area contributed by atoms with Crippen molar-refractivity contribution < 1.29 is 14.3 Å². The van der Waals surface area contributed by atoms with Crippen LogP contribution in [0.2, 0.25) is 5.02 Å². The van der Waals surface area contributed by atoms with Gasteiger partial charge in [-0.3, -0.25) is 14.9 Å². The molecule has 3 rings (SSSR count). The smallest absolute Gasteiger partial charge is 0.267 e. The average Bonchev–Trinajstić information content (AvgIpc) is 3.02. The van der Waals surface area contributed by atoms with Crippen molar-refractivity contribution in [2.24, 2.45) is 0 Å². The molecule has 0 radical (unpaired) electrons. The number of amides is 2. The van der Waals surface area contributed by atoms with E-state index in [-0.39, 0.29) is 11.8 Å².